The highest BCUT2D eigenvalue weighted by Crippen LogP contribution is 2.13. The van der Waals surface area contributed by atoms with Gasteiger partial charge >= 0.3 is 0 Å². The summed E-state index contributed by atoms with van der Waals surface area (Å²) in [4.78, 5) is 4.10. The van der Waals surface area contributed by atoms with Gasteiger partial charge in [0.1, 0.15) is 11.9 Å². The second kappa shape index (κ2) is 3.08. The van der Waals surface area contributed by atoms with Crippen LogP contribution < -0.4 is 0 Å². The van der Waals surface area contributed by atoms with Gasteiger partial charge in [-0.3, -0.25) is 0 Å². The zero-order valence-electron chi connectivity index (χ0n) is 6.74. The van der Waals surface area contributed by atoms with Gasteiger partial charge in [-0.2, -0.15) is 5.26 Å². The van der Waals surface area contributed by atoms with Gasteiger partial charge in [-0.1, -0.05) is 6.07 Å². The Bertz CT molecular complexity index is 481. The topological polar surface area (TPSA) is 41.1 Å². The van der Waals surface area contributed by atoms with E-state index in [0.29, 0.717) is 17.4 Å². The van der Waals surface area contributed by atoms with Crippen molar-refractivity contribution in [3.8, 4) is 6.07 Å². The summed E-state index contributed by atoms with van der Waals surface area (Å²) in [6.45, 7) is 0. The number of aromatic nitrogens is 2. The minimum Gasteiger partial charge on any atom is -0.301 e. The second-order valence-corrected chi connectivity index (χ2v) is 2.85. The highest BCUT2D eigenvalue weighted by atomic mass is 35.5. The van der Waals surface area contributed by atoms with E-state index < -0.39 is 0 Å². The van der Waals surface area contributed by atoms with Gasteiger partial charge < -0.3 is 4.40 Å². The zero-order valence-corrected chi connectivity index (χ0v) is 7.49. The molecule has 0 saturated heterocycles. The van der Waals surface area contributed by atoms with Crippen molar-refractivity contribution >= 4 is 17.1 Å². The molecule has 0 spiro atoms. The third-order valence-corrected chi connectivity index (χ3v) is 2.09. The molecule has 64 valence electrons. The van der Waals surface area contributed by atoms with Gasteiger partial charge in [0.2, 0.25) is 0 Å². The number of halogens is 1. The van der Waals surface area contributed by atoms with Gasteiger partial charge in [-0.05, 0) is 12.1 Å². The first-order valence-electron chi connectivity index (χ1n) is 3.79. The van der Waals surface area contributed by atoms with Crippen molar-refractivity contribution in [2.24, 2.45) is 0 Å². The summed E-state index contributed by atoms with van der Waals surface area (Å²) in [6.07, 6.45) is 1.85. The SMILES string of the molecule is N#Cc1nc(CCl)n2ccccc12. The van der Waals surface area contributed by atoms with Crippen LogP contribution in [0.1, 0.15) is 11.5 Å². The standard InChI is InChI=1S/C9H6ClN3/c10-5-9-12-7(6-11)8-3-1-2-4-13(8)9/h1-4H,5H2. The van der Waals surface area contributed by atoms with Crippen LogP contribution in [0, 0.1) is 11.3 Å². The highest BCUT2D eigenvalue weighted by Gasteiger charge is 2.07. The summed E-state index contributed by atoms with van der Waals surface area (Å²) in [5, 5.41) is 8.78. The van der Waals surface area contributed by atoms with Crippen LogP contribution in [0.2, 0.25) is 0 Å². The maximum absolute atomic E-state index is 8.78. The molecule has 3 nitrogen and oxygen atoms in total. The molecule has 2 aromatic heterocycles. The Balaban J connectivity index is 2.84. The number of pyridine rings is 1. The molecule has 0 bridgehead atoms. The van der Waals surface area contributed by atoms with E-state index in [4.69, 9.17) is 16.9 Å². The molecule has 2 heterocycles. The Morgan fingerprint density at radius 2 is 2.38 bits per heavy atom. The summed E-state index contributed by atoms with van der Waals surface area (Å²) >= 11 is 5.68. The minimum absolute atomic E-state index is 0.312. The minimum atomic E-state index is 0.312. The smallest absolute Gasteiger partial charge is 0.166 e. The fourth-order valence-electron chi connectivity index (χ4n) is 1.28. The van der Waals surface area contributed by atoms with Gasteiger partial charge in [0.25, 0.3) is 0 Å². The van der Waals surface area contributed by atoms with E-state index in [1.54, 1.807) is 0 Å². The number of fused-ring (bicyclic) bond motifs is 1. The maximum atomic E-state index is 8.78. The van der Waals surface area contributed by atoms with E-state index in [2.05, 4.69) is 4.98 Å². The zero-order chi connectivity index (χ0) is 9.26. The number of imidazole rings is 1. The van der Waals surface area contributed by atoms with Crippen molar-refractivity contribution in [1.29, 1.82) is 5.26 Å². The molecular formula is C9H6ClN3. The predicted octanol–water partition coefficient (Wildman–Crippen LogP) is 1.94. The fourth-order valence-corrected chi connectivity index (χ4v) is 1.47. The van der Waals surface area contributed by atoms with Gasteiger partial charge in [0.05, 0.1) is 11.4 Å². The maximum Gasteiger partial charge on any atom is 0.166 e. The van der Waals surface area contributed by atoms with Crippen molar-refractivity contribution in [2.75, 3.05) is 0 Å². The van der Waals surface area contributed by atoms with E-state index >= 15 is 0 Å². The largest absolute Gasteiger partial charge is 0.301 e. The van der Waals surface area contributed by atoms with Gasteiger partial charge in [0.15, 0.2) is 5.69 Å². The van der Waals surface area contributed by atoms with E-state index in [-0.39, 0.29) is 0 Å². The Kier molecular flexibility index (Phi) is 1.91. The third-order valence-electron chi connectivity index (χ3n) is 1.85. The molecule has 0 aliphatic carbocycles. The quantitative estimate of drug-likeness (QED) is 0.647. The molecule has 0 radical (unpaired) electrons. The van der Waals surface area contributed by atoms with Gasteiger partial charge in [0, 0.05) is 6.20 Å². The van der Waals surface area contributed by atoms with Gasteiger partial charge in [-0.25, -0.2) is 4.98 Å². The van der Waals surface area contributed by atoms with Crippen molar-refractivity contribution in [1.82, 2.24) is 9.38 Å². The molecule has 0 aliphatic heterocycles. The lowest BCUT2D eigenvalue weighted by atomic mass is 10.3. The first-order valence-corrected chi connectivity index (χ1v) is 4.32. The molecule has 0 aromatic carbocycles. The number of nitrogens with zero attached hydrogens (tertiary/aromatic N) is 3. The first-order chi connectivity index (χ1) is 6.36. The van der Waals surface area contributed by atoms with Crippen LogP contribution in [0.3, 0.4) is 0 Å². The number of nitriles is 1. The van der Waals surface area contributed by atoms with Crippen molar-refractivity contribution < 1.29 is 0 Å². The van der Waals surface area contributed by atoms with Crippen LogP contribution >= 0.6 is 11.6 Å². The molecule has 4 heteroatoms. The molecule has 0 fully saturated rings. The number of alkyl halides is 1. The Morgan fingerprint density at radius 3 is 3.08 bits per heavy atom. The molecule has 0 aliphatic rings. The molecule has 13 heavy (non-hydrogen) atoms. The first kappa shape index (κ1) is 8.09. The van der Waals surface area contributed by atoms with Crippen LogP contribution in [0.4, 0.5) is 0 Å². The van der Waals surface area contributed by atoms with E-state index in [1.807, 2.05) is 34.9 Å². The van der Waals surface area contributed by atoms with E-state index in [1.165, 1.54) is 0 Å². The molecule has 0 N–H and O–H groups in total. The summed E-state index contributed by atoms with van der Waals surface area (Å²) in [5.74, 6) is 1.01. The summed E-state index contributed by atoms with van der Waals surface area (Å²) in [5.41, 5.74) is 1.23. The molecule has 2 aromatic rings. The van der Waals surface area contributed by atoms with Crippen molar-refractivity contribution in [3.63, 3.8) is 0 Å². The van der Waals surface area contributed by atoms with Crippen LogP contribution in [0.5, 0.6) is 0 Å². The molecule has 0 amide bonds. The van der Waals surface area contributed by atoms with Crippen LogP contribution in [-0.4, -0.2) is 9.38 Å². The number of hydrogen-bond donors (Lipinski definition) is 0. The molecule has 0 saturated carbocycles. The van der Waals surface area contributed by atoms with E-state index in [9.17, 15) is 0 Å². The number of rotatable bonds is 1. The van der Waals surface area contributed by atoms with Crippen LogP contribution in [-0.2, 0) is 5.88 Å². The van der Waals surface area contributed by atoms with Crippen LogP contribution in [0.25, 0.3) is 5.52 Å². The predicted molar refractivity (Wildman–Crippen MR) is 49.5 cm³/mol. The normalized spacial score (nSPS) is 10.2. The monoisotopic (exact) mass is 191 g/mol. The highest BCUT2D eigenvalue weighted by molar-refractivity contribution is 6.16. The van der Waals surface area contributed by atoms with Crippen molar-refractivity contribution in [3.05, 3.63) is 35.9 Å². The lowest BCUT2D eigenvalue weighted by Crippen LogP contribution is -1.88. The second-order valence-electron chi connectivity index (χ2n) is 2.58. The average Bonchev–Trinajstić information content (AvgIpc) is 2.56. The Labute approximate surface area is 80.2 Å². The molecular weight excluding hydrogens is 186 g/mol. The Morgan fingerprint density at radius 1 is 1.54 bits per heavy atom. The van der Waals surface area contributed by atoms with Crippen LogP contribution in [0.15, 0.2) is 24.4 Å². The average molecular weight is 192 g/mol. The summed E-state index contributed by atoms with van der Waals surface area (Å²) < 4.78 is 1.82. The molecule has 0 unspecified atom stereocenters. The van der Waals surface area contributed by atoms with Crippen molar-refractivity contribution in [2.45, 2.75) is 5.88 Å². The lowest BCUT2D eigenvalue weighted by molar-refractivity contribution is 1.02. The molecule has 2 rings (SSSR count). The summed E-state index contributed by atoms with van der Waals surface area (Å²) in [7, 11) is 0. The lowest BCUT2D eigenvalue weighted by Gasteiger charge is -1.94. The molecule has 0 atom stereocenters. The fraction of sp³-hybridized carbons (Fsp3) is 0.111. The third kappa shape index (κ3) is 1.16. The van der Waals surface area contributed by atoms with Gasteiger partial charge in [-0.15, -0.1) is 11.6 Å². The summed E-state index contributed by atoms with van der Waals surface area (Å²) in [6, 6.07) is 7.63. The number of hydrogen-bond acceptors (Lipinski definition) is 2. The van der Waals surface area contributed by atoms with E-state index in [0.717, 1.165) is 5.52 Å². The Hall–Kier alpha value is -1.53.